The topological polar surface area (TPSA) is 38.0 Å². The molecule has 14 heavy (non-hydrogen) atoms. The summed E-state index contributed by atoms with van der Waals surface area (Å²) in [5.41, 5.74) is -0.0620. The molecular formula is C8H8F4N2. The fourth-order valence-corrected chi connectivity index (χ4v) is 1.11. The number of nitrogen functional groups attached to an aromatic ring is 1. The van der Waals surface area contributed by atoms with Crippen LogP contribution in [-0.2, 0) is 6.42 Å². The monoisotopic (exact) mass is 208 g/mol. The predicted octanol–water partition coefficient (Wildman–Crippen LogP) is 2.09. The van der Waals surface area contributed by atoms with Gasteiger partial charge in [-0.1, -0.05) is 6.92 Å². The van der Waals surface area contributed by atoms with Crippen LogP contribution in [-0.4, -0.2) is 0 Å². The number of anilines is 1. The van der Waals surface area contributed by atoms with Crippen LogP contribution in [0.1, 0.15) is 12.5 Å². The summed E-state index contributed by atoms with van der Waals surface area (Å²) in [6, 6.07) is 0. The summed E-state index contributed by atoms with van der Waals surface area (Å²) in [5.74, 6) is -1.14. The Kier molecular flexibility index (Phi) is 2.95. The largest absolute Gasteiger partial charge is 0.319 e. The number of halogens is 4. The second-order valence-corrected chi connectivity index (χ2v) is 2.61. The number of nitrogens with two attached hydrogens (primary N) is 1. The summed E-state index contributed by atoms with van der Waals surface area (Å²) < 4.78 is 52.0. The molecule has 78 valence electrons. The molecule has 0 saturated carbocycles. The van der Waals surface area contributed by atoms with Gasteiger partial charge in [-0.25, -0.2) is 17.6 Å². The van der Waals surface area contributed by atoms with Gasteiger partial charge in [-0.2, -0.15) is 0 Å². The Bertz CT molecular complexity index is 301. The van der Waals surface area contributed by atoms with Crippen LogP contribution in [0.2, 0.25) is 0 Å². The van der Waals surface area contributed by atoms with E-state index in [-0.39, 0.29) is 6.42 Å². The van der Waals surface area contributed by atoms with E-state index in [1.165, 1.54) is 6.92 Å². The first-order chi connectivity index (χ1) is 6.54. The van der Waals surface area contributed by atoms with E-state index in [2.05, 4.69) is 0 Å². The van der Waals surface area contributed by atoms with E-state index in [0.717, 1.165) is 0 Å². The summed E-state index contributed by atoms with van der Waals surface area (Å²) in [5, 5.41) is 0. The Morgan fingerprint density at radius 1 is 1.00 bits per heavy atom. The van der Waals surface area contributed by atoms with Crippen molar-refractivity contribution in [2.45, 2.75) is 13.3 Å². The zero-order valence-corrected chi connectivity index (χ0v) is 7.30. The highest BCUT2D eigenvalue weighted by Crippen LogP contribution is 2.27. The van der Waals surface area contributed by atoms with Crippen LogP contribution >= 0.6 is 0 Å². The Hall–Kier alpha value is -1.30. The molecule has 0 heterocycles. The van der Waals surface area contributed by atoms with Gasteiger partial charge < -0.3 is 5.43 Å². The van der Waals surface area contributed by atoms with Gasteiger partial charge in [0, 0.05) is 5.56 Å². The van der Waals surface area contributed by atoms with E-state index in [9.17, 15) is 17.6 Å². The summed E-state index contributed by atoms with van der Waals surface area (Å²) in [6.07, 6.45) is -0.143. The molecule has 0 aromatic heterocycles. The van der Waals surface area contributed by atoms with Gasteiger partial charge >= 0.3 is 0 Å². The van der Waals surface area contributed by atoms with E-state index >= 15 is 0 Å². The van der Waals surface area contributed by atoms with Gasteiger partial charge in [0.15, 0.2) is 23.3 Å². The molecule has 0 fully saturated rings. The van der Waals surface area contributed by atoms with Gasteiger partial charge in [0.1, 0.15) is 5.69 Å². The minimum atomic E-state index is -1.51. The van der Waals surface area contributed by atoms with Gasteiger partial charge in [-0.3, -0.25) is 5.84 Å². The zero-order valence-electron chi connectivity index (χ0n) is 7.30. The molecular weight excluding hydrogens is 200 g/mol. The van der Waals surface area contributed by atoms with E-state index in [1.807, 2.05) is 0 Å². The third-order valence-electron chi connectivity index (χ3n) is 1.85. The average molecular weight is 208 g/mol. The molecule has 2 nitrogen and oxygen atoms in total. The number of hydrogen-bond donors (Lipinski definition) is 2. The third kappa shape index (κ3) is 1.41. The van der Waals surface area contributed by atoms with E-state index in [4.69, 9.17) is 5.84 Å². The lowest BCUT2D eigenvalue weighted by molar-refractivity contribution is 0.444. The Morgan fingerprint density at radius 3 is 1.71 bits per heavy atom. The highest BCUT2D eigenvalue weighted by atomic mass is 19.2. The fourth-order valence-electron chi connectivity index (χ4n) is 1.11. The number of rotatable bonds is 2. The number of benzene rings is 1. The fraction of sp³-hybridized carbons (Fsp3) is 0.250. The molecule has 0 aliphatic rings. The smallest absolute Gasteiger partial charge is 0.186 e. The lowest BCUT2D eigenvalue weighted by atomic mass is 10.1. The molecule has 0 aliphatic carbocycles. The molecule has 0 unspecified atom stereocenters. The molecule has 0 atom stereocenters. The Morgan fingerprint density at radius 2 is 1.43 bits per heavy atom. The summed E-state index contributed by atoms with van der Waals surface area (Å²) in [7, 11) is 0. The lowest BCUT2D eigenvalue weighted by Gasteiger charge is -2.09. The van der Waals surface area contributed by atoms with Crippen molar-refractivity contribution in [3.05, 3.63) is 28.8 Å². The van der Waals surface area contributed by atoms with Gasteiger partial charge in [0.25, 0.3) is 0 Å². The van der Waals surface area contributed by atoms with Crippen molar-refractivity contribution in [1.82, 2.24) is 0 Å². The van der Waals surface area contributed by atoms with Crippen LogP contribution in [0.4, 0.5) is 23.2 Å². The molecule has 1 rings (SSSR count). The second kappa shape index (κ2) is 3.83. The molecule has 3 N–H and O–H groups in total. The molecule has 1 aromatic carbocycles. The van der Waals surface area contributed by atoms with Crippen LogP contribution in [0, 0.1) is 23.3 Å². The molecule has 0 saturated heterocycles. The first-order valence-electron chi connectivity index (χ1n) is 3.86. The standard InChI is InChI=1S/C8H8F4N2/c1-2-3-4(9)6(11)8(14-13)7(12)5(3)10/h14H,2,13H2,1H3. The van der Waals surface area contributed by atoms with Crippen LogP contribution in [0.25, 0.3) is 0 Å². The van der Waals surface area contributed by atoms with Crippen LogP contribution in [0.3, 0.4) is 0 Å². The third-order valence-corrected chi connectivity index (χ3v) is 1.85. The van der Waals surface area contributed by atoms with Crippen molar-refractivity contribution in [2.24, 2.45) is 5.84 Å². The summed E-state index contributed by atoms with van der Waals surface area (Å²) in [4.78, 5) is 0. The van der Waals surface area contributed by atoms with Crippen LogP contribution < -0.4 is 11.3 Å². The van der Waals surface area contributed by atoms with E-state index in [0.29, 0.717) is 0 Å². The van der Waals surface area contributed by atoms with Crippen molar-refractivity contribution in [2.75, 3.05) is 5.43 Å². The van der Waals surface area contributed by atoms with E-state index in [1.54, 1.807) is 5.43 Å². The van der Waals surface area contributed by atoms with Crippen LogP contribution in [0.15, 0.2) is 0 Å². The quantitative estimate of drug-likeness (QED) is 0.338. The first-order valence-corrected chi connectivity index (χ1v) is 3.86. The first kappa shape index (κ1) is 10.8. The van der Waals surface area contributed by atoms with Crippen molar-refractivity contribution in [3.8, 4) is 0 Å². The van der Waals surface area contributed by atoms with Crippen molar-refractivity contribution >= 4 is 5.69 Å². The maximum Gasteiger partial charge on any atom is 0.186 e. The molecule has 0 bridgehead atoms. The molecule has 0 spiro atoms. The summed E-state index contributed by atoms with van der Waals surface area (Å²) in [6.45, 7) is 1.38. The molecule has 0 aliphatic heterocycles. The molecule has 1 aromatic rings. The maximum atomic E-state index is 13.0. The Balaban J connectivity index is 3.55. The minimum Gasteiger partial charge on any atom is -0.319 e. The molecule has 0 amide bonds. The van der Waals surface area contributed by atoms with Gasteiger partial charge in [0.2, 0.25) is 0 Å². The number of nitrogens with one attached hydrogen (secondary N) is 1. The van der Waals surface area contributed by atoms with Crippen molar-refractivity contribution < 1.29 is 17.6 Å². The normalized spacial score (nSPS) is 10.4. The second-order valence-electron chi connectivity index (χ2n) is 2.61. The summed E-state index contributed by atoms with van der Waals surface area (Å²) >= 11 is 0. The minimum absolute atomic E-state index is 0.143. The van der Waals surface area contributed by atoms with Gasteiger partial charge in [-0.05, 0) is 6.42 Å². The van der Waals surface area contributed by atoms with Crippen molar-refractivity contribution in [3.63, 3.8) is 0 Å². The maximum absolute atomic E-state index is 13.0. The highest BCUT2D eigenvalue weighted by molar-refractivity contribution is 5.48. The highest BCUT2D eigenvalue weighted by Gasteiger charge is 2.23. The predicted molar refractivity (Wildman–Crippen MR) is 43.5 cm³/mol. The van der Waals surface area contributed by atoms with E-state index < -0.39 is 34.5 Å². The Labute approximate surface area is 77.7 Å². The lowest BCUT2D eigenvalue weighted by Crippen LogP contribution is -2.14. The van der Waals surface area contributed by atoms with Gasteiger partial charge in [-0.15, -0.1) is 0 Å². The average Bonchev–Trinajstić information content (AvgIpc) is 2.17. The number of hydrazine groups is 1. The number of hydrogen-bond acceptors (Lipinski definition) is 2. The van der Waals surface area contributed by atoms with Gasteiger partial charge in [0.05, 0.1) is 0 Å². The SMILES string of the molecule is CCc1c(F)c(F)c(NN)c(F)c1F. The van der Waals surface area contributed by atoms with Crippen molar-refractivity contribution in [1.29, 1.82) is 0 Å². The molecule has 0 radical (unpaired) electrons. The zero-order chi connectivity index (χ0) is 10.9. The van der Waals surface area contributed by atoms with Crippen LogP contribution in [0.5, 0.6) is 0 Å². The molecule has 6 heteroatoms.